The van der Waals surface area contributed by atoms with Gasteiger partial charge in [-0.3, -0.25) is 0 Å². The Bertz CT molecular complexity index is 445. The molecule has 0 aliphatic rings. The maximum absolute atomic E-state index is 11.9. The van der Waals surface area contributed by atoms with E-state index in [1.807, 2.05) is 13.8 Å². The first-order valence-corrected chi connectivity index (χ1v) is 7.91. The Morgan fingerprint density at radius 2 is 2.24 bits per heavy atom. The molecule has 1 aromatic heterocycles. The van der Waals surface area contributed by atoms with E-state index in [2.05, 4.69) is 9.71 Å². The molecule has 3 N–H and O–H groups in total. The number of nitrogens with one attached hydrogen (secondary N) is 1. The van der Waals surface area contributed by atoms with Gasteiger partial charge in [-0.2, -0.15) is 11.8 Å². The van der Waals surface area contributed by atoms with Crippen LogP contribution in [-0.4, -0.2) is 30.9 Å². The number of nitrogens with zero attached hydrogens (tertiary/aromatic N) is 1. The molecule has 5 nitrogen and oxygen atoms in total. The van der Waals surface area contributed by atoms with Crippen LogP contribution < -0.4 is 10.5 Å². The van der Waals surface area contributed by atoms with E-state index >= 15 is 0 Å². The second kappa shape index (κ2) is 6.23. The van der Waals surface area contributed by atoms with Gasteiger partial charge < -0.3 is 5.73 Å². The molecule has 1 aromatic rings. The van der Waals surface area contributed by atoms with Gasteiger partial charge in [0.1, 0.15) is 10.7 Å². The second-order valence-corrected chi connectivity index (χ2v) is 6.63. The Kier molecular flexibility index (Phi) is 5.23. The van der Waals surface area contributed by atoms with Crippen LogP contribution >= 0.6 is 11.8 Å². The molecular formula is C10H17N3O2S2. The van der Waals surface area contributed by atoms with Crippen molar-refractivity contribution in [3.63, 3.8) is 0 Å². The van der Waals surface area contributed by atoms with E-state index in [0.29, 0.717) is 5.82 Å². The summed E-state index contributed by atoms with van der Waals surface area (Å²) in [6.45, 7) is 3.88. The minimum atomic E-state index is -3.49. The first-order valence-electron chi connectivity index (χ1n) is 5.27. The third-order valence-electron chi connectivity index (χ3n) is 2.00. The van der Waals surface area contributed by atoms with E-state index in [9.17, 15) is 8.42 Å². The van der Waals surface area contributed by atoms with Crippen LogP contribution in [0.5, 0.6) is 0 Å². The van der Waals surface area contributed by atoms with Gasteiger partial charge in [0.05, 0.1) is 0 Å². The molecule has 0 aromatic carbocycles. The second-order valence-electron chi connectivity index (χ2n) is 3.60. The third kappa shape index (κ3) is 4.53. The molecule has 0 saturated heterocycles. The molecule has 96 valence electrons. The van der Waals surface area contributed by atoms with Crippen molar-refractivity contribution < 1.29 is 8.42 Å². The van der Waals surface area contributed by atoms with E-state index in [1.54, 1.807) is 11.8 Å². The van der Waals surface area contributed by atoms with Crippen LogP contribution in [0.25, 0.3) is 0 Å². The molecule has 0 amide bonds. The van der Waals surface area contributed by atoms with Crippen molar-refractivity contribution in [3.05, 3.63) is 18.3 Å². The average molecular weight is 275 g/mol. The van der Waals surface area contributed by atoms with E-state index in [1.165, 1.54) is 18.3 Å². The van der Waals surface area contributed by atoms with Crippen LogP contribution in [-0.2, 0) is 10.0 Å². The highest BCUT2D eigenvalue weighted by Crippen LogP contribution is 2.10. The number of aromatic nitrogens is 1. The molecule has 1 atom stereocenters. The summed E-state index contributed by atoms with van der Waals surface area (Å²) < 4.78 is 26.4. The van der Waals surface area contributed by atoms with E-state index in [0.717, 1.165) is 11.5 Å². The van der Waals surface area contributed by atoms with E-state index < -0.39 is 10.0 Å². The van der Waals surface area contributed by atoms with Gasteiger partial charge in [0.15, 0.2) is 0 Å². The number of nitrogen functional groups attached to an aromatic ring is 1. The molecule has 0 aliphatic carbocycles. The summed E-state index contributed by atoms with van der Waals surface area (Å²) in [4.78, 5) is 3.91. The van der Waals surface area contributed by atoms with Gasteiger partial charge in [-0.05, 0) is 24.8 Å². The van der Waals surface area contributed by atoms with Crippen molar-refractivity contribution in [2.24, 2.45) is 0 Å². The van der Waals surface area contributed by atoms with Crippen molar-refractivity contribution in [1.29, 1.82) is 0 Å². The Morgan fingerprint density at radius 1 is 1.53 bits per heavy atom. The molecule has 7 heteroatoms. The first-order chi connectivity index (χ1) is 7.95. The summed E-state index contributed by atoms with van der Waals surface area (Å²) in [7, 11) is -3.49. The number of nitrogens with two attached hydrogens (primary N) is 1. The number of thioether (sulfide) groups is 1. The molecule has 0 spiro atoms. The molecule has 0 bridgehead atoms. The summed E-state index contributed by atoms with van der Waals surface area (Å²) in [5, 5.41) is 0. The first kappa shape index (κ1) is 14.3. The number of rotatable bonds is 6. The molecule has 1 unspecified atom stereocenters. The average Bonchev–Trinajstić information content (AvgIpc) is 2.26. The quantitative estimate of drug-likeness (QED) is 0.811. The fourth-order valence-electron chi connectivity index (χ4n) is 1.21. The fourth-order valence-corrected chi connectivity index (χ4v) is 3.18. The van der Waals surface area contributed by atoms with Gasteiger partial charge in [0.25, 0.3) is 0 Å². The highest BCUT2D eigenvalue weighted by molar-refractivity contribution is 7.99. The highest BCUT2D eigenvalue weighted by Gasteiger charge is 2.17. The number of hydrogen-bond acceptors (Lipinski definition) is 5. The largest absolute Gasteiger partial charge is 0.384 e. The van der Waals surface area contributed by atoms with Gasteiger partial charge in [-0.25, -0.2) is 18.1 Å². The number of pyridine rings is 1. The van der Waals surface area contributed by atoms with Gasteiger partial charge in [-0.15, -0.1) is 0 Å². The Hall–Kier alpha value is -0.790. The smallest absolute Gasteiger partial charge is 0.242 e. The zero-order chi connectivity index (χ0) is 12.9. The summed E-state index contributed by atoms with van der Waals surface area (Å²) in [6.07, 6.45) is 1.26. The van der Waals surface area contributed by atoms with Gasteiger partial charge in [0, 0.05) is 18.0 Å². The topological polar surface area (TPSA) is 85.1 Å². The van der Waals surface area contributed by atoms with Gasteiger partial charge >= 0.3 is 0 Å². The molecule has 1 heterocycles. The summed E-state index contributed by atoms with van der Waals surface area (Å²) >= 11 is 1.69. The molecule has 1 rings (SSSR count). The number of anilines is 1. The molecule has 0 fully saturated rings. The molecule has 0 radical (unpaired) electrons. The Labute approximate surface area is 106 Å². The lowest BCUT2D eigenvalue weighted by atomic mass is 10.4. The van der Waals surface area contributed by atoms with Crippen molar-refractivity contribution in [3.8, 4) is 0 Å². The molecular weight excluding hydrogens is 258 g/mol. The van der Waals surface area contributed by atoms with E-state index in [4.69, 9.17) is 5.73 Å². The van der Waals surface area contributed by atoms with Crippen molar-refractivity contribution in [2.75, 3.05) is 17.2 Å². The molecule has 17 heavy (non-hydrogen) atoms. The van der Waals surface area contributed by atoms with Crippen molar-refractivity contribution >= 4 is 27.6 Å². The maximum Gasteiger partial charge on any atom is 0.242 e. The van der Waals surface area contributed by atoms with Crippen LogP contribution in [0.2, 0.25) is 0 Å². The van der Waals surface area contributed by atoms with E-state index in [-0.39, 0.29) is 10.9 Å². The molecule has 0 aliphatic heterocycles. The normalized spacial score (nSPS) is 13.5. The van der Waals surface area contributed by atoms with Crippen LogP contribution in [0.3, 0.4) is 0 Å². The van der Waals surface area contributed by atoms with Crippen LogP contribution in [0.15, 0.2) is 23.2 Å². The molecule has 0 saturated carbocycles. The van der Waals surface area contributed by atoms with Crippen LogP contribution in [0.4, 0.5) is 5.82 Å². The summed E-state index contributed by atoms with van der Waals surface area (Å²) in [5.74, 6) is 2.02. The Balaban J connectivity index is 2.71. The van der Waals surface area contributed by atoms with Crippen LogP contribution in [0.1, 0.15) is 13.8 Å². The maximum atomic E-state index is 11.9. The zero-order valence-electron chi connectivity index (χ0n) is 9.88. The lowest BCUT2D eigenvalue weighted by molar-refractivity contribution is 0.570. The summed E-state index contributed by atoms with van der Waals surface area (Å²) in [5.41, 5.74) is 5.41. The van der Waals surface area contributed by atoms with Gasteiger partial charge in [0.2, 0.25) is 10.0 Å². The van der Waals surface area contributed by atoms with Crippen molar-refractivity contribution in [1.82, 2.24) is 9.71 Å². The number of sulfonamides is 1. The standard InChI is InChI=1S/C10H17N3O2S2/c1-3-16-7-8(2)13-17(14,15)9-4-5-10(11)12-6-9/h4-6,8,13H,3,7H2,1-2H3,(H2,11,12). The minimum absolute atomic E-state index is 0.109. The summed E-state index contributed by atoms with van der Waals surface area (Å²) in [6, 6.07) is 2.81. The SMILES string of the molecule is CCSCC(C)NS(=O)(=O)c1ccc(N)nc1. The predicted molar refractivity (Wildman–Crippen MR) is 71.4 cm³/mol. The third-order valence-corrected chi connectivity index (χ3v) is 4.72. The monoisotopic (exact) mass is 275 g/mol. The lowest BCUT2D eigenvalue weighted by Crippen LogP contribution is -2.34. The van der Waals surface area contributed by atoms with Crippen LogP contribution in [0, 0.1) is 0 Å². The fraction of sp³-hybridized carbons (Fsp3) is 0.500. The van der Waals surface area contributed by atoms with Crippen molar-refractivity contribution in [2.45, 2.75) is 24.8 Å². The van der Waals surface area contributed by atoms with Gasteiger partial charge in [-0.1, -0.05) is 6.92 Å². The Morgan fingerprint density at radius 3 is 2.76 bits per heavy atom. The highest BCUT2D eigenvalue weighted by atomic mass is 32.2. The zero-order valence-corrected chi connectivity index (χ0v) is 11.5. The lowest BCUT2D eigenvalue weighted by Gasteiger charge is -2.13. The predicted octanol–water partition coefficient (Wildman–Crippen LogP) is 1.08. The minimum Gasteiger partial charge on any atom is -0.384 e. The number of hydrogen-bond donors (Lipinski definition) is 2.